The Hall–Kier alpha value is 0.430. The van der Waals surface area contributed by atoms with Crippen LogP contribution in [0.1, 0.15) is 103 Å². The van der Waals surface area contributed by atoms with Crippen LogP contribution in [0, 0.1) is 0 Å². The van der Waals surface area contributed by atoms with Crippen molar-refractivity contribution in [2.75, 3.05) is 0 Å². The highest BCUT2D eigenvalue weighted by atomic mass is 79.9. The molecule has 4 heteroatoms. The molecular weight excluding hydrogens is 408 g/mol. The SMILES string of the molecule is Br.CCCCCCCCCCCCCCCCC(Br)C(=O)O. The van der Waals surface area contributed by atoms with E-state index in [1.54, 1.807) is 0 Å². The fourth-order valence-corrected chi connectivity index (χ4v) is 2.97. The van der Waals surface area contributed by atoms with Crippen molar-refractivity contribution in [3.63, 3.8) is 0 Å². The minimum Gasteiger partial charge on any atom is -0.480 e. The molecule has 0 saturated carbocycles. The molecule has 0 saturated heterocycles. The van der Waals surface area contributed by atoms with Crippen LogP contribution in [0.3, 0.4) is 0 Å². The van der Waals surface area contributed by atoms with E-state index in [2.05, 4.69) is 22.9 Å². The van der Waals surface area contributed by atoms with E-state index in [9.17, 15) is 4.79 Å². The van der Waals surface area contributed by atoms with Crippen LogP contribution in [-0.2, 0) is 4.79 Å². The number of carboxylic acids is 1. The summed E-state index contributed by atoms with van der Waals surface area (Å²) in [4.78, 5) is 10.3. The van der Waals surface area contributed by atoms with Gasteiger partial charge in [-0.15, -0.1) is 17.0 Å². The van der Waals surface area contributed by atoms with E-state index in [0.717, 1.165) is 12.8 Å². The van der Waals surface area contributed by atoms with Crippen LogP contribution in [-0.4, -0.2) is 15.9 Å². The third kappa shape index (κ3) is 18.5. The zero-order chi connectivity index (χ0) is 15.8. The highest BCUT2D eigenvalue weighted by molar-refractivity contribution is 9.10. The molecule has 22 heavy (non-hydrogen) atoms. The number of hydrogen-bond donors (Lipinski definition) is 1. The van der Waals surface area contributed by atoms with Gasteiger partial charge in [-0.25, -0.2) is 0 Å². The van der Waals surface area contributed by atoms with Crippen molar-refractivity contribution in [1.29, 1.82) is 0 Å². The van der Waals surface area contributed by atoms with Crippen LogP contribution in [0.2, 0.25) is 0 Å². The Bertz CT molecular complexity index is 235. The van der Waals surface area contributed by atoms with Crippen molar-refractivity contribution in [3.05, 3.63) is 0 Å². The van der Waals surface area contributed by atoms with Crippen molar-refractivity contribution >= 4 is 38.9 Å². The Kier molecular flexibility index (Phi) is 21.8. The van der Waals surface area contributed by atoms with E-state index in [1.807, 2.05) is 0 Å². The van der Waals surface area contributed by atoms with Gasteiger partial charge >= 0.3 is 5.97 Å². The molecule has 134 valence electrons. The van der Waals surface area contributed by atoms with Crippen molar-refractivity contribution < 1.29 is 9.90 Å². The third-order valence-corrected chi connectivity index (χ3v) is 4.93. The van der Waals surface area contributed by atoms with Crippen LogP contribution in [0.25, 0.3) is 0 Å². The minimum atomic E-state index is -0.732. The first kappa shape index (κ1) is 24.7. The molecule has 1 N–H and O–H groups in total. The molecule has 0 fully saturated rings. The van der Waals surface area contributed by atoms with Gasteiger partial charge in [0.05, 0.1) is 0 Å². The van der Waals surface area contributed by atoms with Crippen LogP contribution < -0.4 is 0 Å². The van der Waals surface area contributed by atoms with Gasteiger partial charge in [-0.2, -0.15) is 0 Å². The number of aliphatic carboxylic acids is 1. The maximum Gasteiger partial charge on any atom is 0.317 e. The van der Waals surface area contributed by atoms with Gasteiger partial charge in [-0.3, -0.25) is 4.79 Å². The predicted molar refractivity (Wildman–Crippen MR) is 106 cm³/mol. The van der Waals surface area contributed by atoms with Gasteiger partial charge in [0.1, 0.15) is 4.83 Å². The molecule has 0 heterocycles. The Balaban J connectivity index is 0. The fraction of sp³-hybridized carbons (Fsp3) is 0.944. The number of rotatable bonds is 16. The Morgan fingerprint density at radius 3 is 1.41 bits per heavy atom. The van der Waals surface area contributed by atoms with E-state index < -0.39 is 5.97 Å². The van der Waals surface area contributed by atoms with E-state index in [4.69, 9.17) is 5.11 Å². The van der Waals surface area contributed by atoms with Gasteiger partial charge in [0.2, 0.25) is 0 Å². The maximum absolute atomic E-state index is 10.6. The lowest BCUT2D eigenvalue weighted by molar-refractivity contribution is -0.136. The van der Waals surface area contributed by atoms with Crippen molar-refractivity contribution in [3.8, 4) is 0 Å². The summed E-state index contributed by atoms with van der Waals surface area (Å²) in [5, 5.41) is 8.74. The molecule has 0 aromatic carbocycles. The number of carboxylic acid groups (broad SMARTS) is 1. The average Bonchev–Trinajstić information content (AvgIpc) is 2.47. The molecule has 0 aliphatic carbocycles. The van der Waals surface area contributed by atoms with Gasteiger partial charge in [-0.1, -0.05) is 113 Å². The smallest absolute Gasteiger partial charge is 0.317 e. The second-order valence-electron chi connectivity index (χ2n) is 6.19. The fourth-order valence-electron chi connectivity index (χ4n) is 2.64. The largest absolute Gasteiger partial charge is 0.480 e. The van der Waals surface area contributed by atoms with Gasteiger partial charge in [0.15, 0.2) is 0 Å². The Morgan fingerprint density at radius 1 is 0.773 bits per heavy atom. The van der Waals surface area contributed by atoms with Gasteiger partial charge < -0.3 is 5.11 Å². The van der Waals surface area contributed by atoms with Gasteiger partial charge in [0.25, 0.3) is 0 Å². The van der Waals surface area contributed by atoms with Crippen molar-refractivity contribution in [2.45, 2.75) is 108 Å². The first-order valence-electron chi connectivity index (χ1n) is 9.05. The summed E-state index contributed by atoms with van der Waals surface area (Å²) in [5.41, 5.74) is 0. The van der Waals surface area contributed by atoms with E-state index in [-0.39, 0.29) is 21.8 Å². The minimum absolute atomic E-state index is 0. The summed E-state index contributed by atoms with van der Waals surface area (Å²) in [6.07, 6.45) is 19.5. The molecule has 0 aliphatic heterocycles. The normalized spacial score (nSPS) is 11.9. The monoisotopic (exact) mass is 442 g/mol. The van der Waals surface area contributed by atoms with Gasteiger partial charge in [0, 0.05) is 0 Å². The highest BCUT2D eigenvalue weighted by Gasteiger charge is 2.11. The summed E-state index contributed by atoms with van der Waals surface area (Å²) in [5.74, 6) is -0.732. The molecule has 0 bridgehead atoms. The Morgan fingerprint density at radius 2 is 1.09 bits per heavy atom. The lowest BCUT2D eigenvalue weighted by Gasteiger charge is -2.05. The van der Waals surface area contributed by atoms with Crippen LogP contribution in [0.4, 0.5) is 0 Å². The molecule has 0 aromatic heterocycles. The molecule has 0 spiro atoms. The summed E-state index contributed by atoms with van der Waals surface area (Å²) in [7, 11) is 0. The molecule has 1 atom stereocenters. The summed E-state index contributed by atoms with van der Waals surface area (Å²) in [6, 6.07) is 0. The highest BCUT2D eigenvalue weighted by Crippen LogP contribution is 2.15. The van der Waals surface area contributed by atoms with Crippen LogP contribution >= 0.6 is 32.9 Å². The topological polar surface area (TPSA) is 37.3 Å². The maximum atomic E-state index is 10.6. The number of unbranched alkanes of at least 4 members (excludes halogenated alkanes) is 13. The molecule has 1 unspecified atom stereocenters. The average molecular weight is 444 g/mol. The second-order valence-corrected chi connectivity index (χ2v) is 7.30. The molecular formula is C18H36Br2O2. The summed E-state index contributed by atoms with van der Waals surface area (Å²) in [6.45, 7) is 2.27. The zero-order valence-corrected chi connectivity index (χ0v) is 17.6. The molecule has 0 amide bonds. The first-order chi connectivity index (χ1) is 10.2. The number of carbonyl (C=O) groups is 1. The molecule has 0 rings (SSSR count). The molecule has 0 aliphatic rings. The molecule has 0 aromatic rings. The van der Waals surface area contributed by atoms with Crippen LogP contribution in [0.5, 0.6) is 0 Å². The van der Waals surface area contributed by atoms with E-state index in [0.29, 0.717) is 0 Å². The van der Waals surface area contributed by atoms with E-state index >= 15 is 0 Å². The quantitative estimate of drug-likeness (QED) is 0.201. The molecule has 2 nitrogen and oxygen atoms in total. The Labute approximate surface area is 156 Å². The van der Waals surface area contributed by atoms with Crippen molar-refractivity contribution in [2.24, 2.45) is 0 Å². The lowest BCUT2D eigenvalue weighted by atomic mass is 10.0. The van der Waals surface area contributed by atoms with Gasteiger partial charge in [-0.05, 0) is 6.42 Å². The zero-order valence-electron chi connectivity index (χ0n) is 14.3. The number of hydrogen-bond acceptors (Lipinski definition) is 1. The standard InChI is InChI=1S/C18H35BrO2.BrH/c1-2-3-4-5-6-7-8-9-10-11-12-13-14-15-16-17(19)18(20)21;/h17H,2-16H2,1H3,(H,20,21);1H. The third-order valence-electron chi connectivity index (χ3n) is 4.08. The second kappa shape index (κ2) is 19.5. The lowest BCUT2D eigenvalue weighted by Crippen LogP contribution is -2.11. The van der Waals surface area contributed by atoms with Crippen molar-refractivity contribution in [1.82, 2.24) is 0 Å². The number of halogens is 2. The number of alkyl halides is 1. The van der Waals surface area contributed by atoms with E-state index in [1.165, 1.54) is 83.5 Å². The predicted octanol–water partition coefficient (Wildman–Crippen LogP) is 7.28. The van der Waals surface area contributed by atoms with Crippen LogP contribution in [0.15, 0.2) is 0 Å². The molecule has 0 radical (unpaired) electrons. The summed E-state index contributed by atoms with van der Waals surface area (Å²) >= 11 is 3.18. The summed E-state index contributed by atoms with van der Waals surface area (Å²) < 4.78 is 0. The first-order valence-corrected chi connectivity index (χ1v) is 9.97.